The van der Waals surface area contributed by atoms with Crippen LogP contribution in [0.1, 0.15) is 18.2 Å². The van der Waals surface area contributed by atoms with Gasteiger partial charge in [0.2, 0.25) is 0 Å². The Labute approximate surface area is 85.3 Å². The maximum atomic E-state index is 3.53. The Morgan fingerprint density at radius 2 is 2.42 bits per heavy atom. The van der Waals surface area contributed by atoms with Gasteiger partial charge >= 0.3 is 0 Å². The van der Waals surface area contributed by atoms with Gasteiger partial charge in [0.1, 0.15) is 0 Å². The highest BCUT2D eigenvalue weighted by Crippen LogP contribution is 2.30. The van der Waals surface area contributed by atoms with Gasteiger partial charge in [-0.25, -0.2) is 0 Å². The van der Waals surface area contributed by atoms with Gasteiger partial charge in [0.25, 0.3) is 0 Å². The van der Waals surface area contributed by atoms with E-state index < -0.39 is 0 Å². The maximum absolute atomic E-state index is 3.53. The van der Waals surface area contributed by atoms with Crippen molar-refractivity contribution in [2.24, 2.45) is 5.92 Å². The van der Waals surface area contributed by atoms with E-state index in [1.54, 1.807) is 0 Å². The van der Waals surface area contributed by atoms with Gasteiger partial charge in [-0.2, -0.15) is 0 Å². The minimum Gasteiger partial charge on any atom is -0.309 e. The quantitative estimate of drug-likeness (QED) is 0.864. The van der Waals surface area contributed by atoms with E-state index >= 15 is 0 Å². The molecule has 0 spiro atoms. The van der Waals surface area contributed by atoms with Crippen molar-refractivity contribution in [3.8, 4) is 0 Å². The van der Waals surface area contributed by atoms with Crippen LogP contribution < -0.4 is 5.32 Å². The van der Waals surface area contributed by atoms with Crippen LogP contribution in [0.15, 0.2) is 15.9 Å². The van der Waals surface area contributed by atoms with Gasteiger partial charge in [-0.1, -0.05) is 6.92 Å². The van der Waals surface area contributed by atoms with Gasteiger partial charge in [0.05, 0.1) is 3.79 Å². The highest BCUT2D eigenvalue weighted by molar-refractivity contribution is 9.11. The minimum atomic E-state index is 0.783. The monoisotopic (exact) mass is 245 g/mol. The molecular weight excluding hydrogens is 234 g/mol. The van der Waals surface area contributed by atoms with E-state index in [1.807, 2.05) is 11.3 Å². The van der Waals surface area contributed by atoms with E-state index in [4.69, 9.17) is 0 Å². The van der Waals surface area contributed by atoms with Gasteiger partial charge in [-0.05, 0) is 40.4 Å². The Balaban J connectivity index is 1.80. The van der Waals surface area contributed by atoms with Crippen molar-refractivity contribution in [2.75, 3.05) is 0 Å². The van der Waals surface area contributed by atoms with Crippen LogP contribution in [-0.2, 0) is 6.54 Å². The molecule has 0 amide bonds. The third-order valence-corrected chi connectivity index (χ3v) is 3.90. The molecule has 1 heterocycles. The maximum Gasteiger partial charge on any atom is 0.0701 e. The van der Waals surface area contributed by atoms with Crippen LogP contribution in [0, 0.1) is 5.92 Å². The summed E-state index contributed by atoms with van der Waals surface area (Å²) in [5.41, 5.74) is 0. The molecule has 1 aromatic rings. The van der Waals surface area contributed by atoms with Crippen molar-refractivity contribution < 1.29 is 0 Å². The molecule has 66 valence electrons. The molecule has 3 heteroatoms. The lowest BCUT2D eigenvalue weighted by molar-refractivity contribution is 0.658. The topological polar surface area (TPSA) is 12.0 Å². The standard InChI is InChI=1S/C9H12BrNS/c1-6-4-8(6)11-5-7-2-3-9(10)12-7/h2-3,6,8,11H,4-5H2,1H3. The minimum absolute atomic E-state index is 0.783. The van der Waals surface area contributed by atoms with Gasteiger partial charge in [0, 0.05) is 17.5 Å². The molecule has 1 aliphatic carbocycles. The average molecular weight is 246 g/mol. The summed E-state index contributed by atoms with van der Waals surface area (Å²) in [6, 6.07) is 5.07. The molecule has 1 aliphatic rings. The summed E-state index contributed by atoms with van der Waals surface area (Å²) >= 11 is 5.27. The largest absolute Gasteiger partial charge is 0.309 e. The molecule has 0 aliphatic heterocycles. The van der Waals surface area contributed by atoms with Crippen molar-refractivity contribution in [1.82, 2.24) is 5.32 Å². The SMILES string of the molecule is CC1CC1NCc1ccc(Br)s1. The molecule has 0 aromatic carbocycles. The summed E-state index contributed by atoms with van der Waals surface area (Å²) in [5.74, 6) is 0.897. The third-order valence-electron chi connectivity index (χ3n) is 2.28. The first-order chi connectivity index (χ1) is 5.75. The Kier molecular flexibility index (Phi) is 2.53. The van der Waals surface area contributed by atoms with Crippen LogP contribution in [-0.4, -0.2) is 6.04 Å². The zero-order chi connectivity index (χ0) is 8.55. The molecule has 12 heavy (non-hydrogen) atoms. The summed E-state index contributed by atoms with van der Waals surface area (Å²) in [6.45, 7) is 3.33. The summed E-state index contributed by atoms with van der Waals surface area (Å²) in [6.07, 6.45) is 1.35. The summed E-state index contributed by atoms with van der Waals surface area (Å²) < 4.78 is 1.23. The highest BCUT2D eigenvalue weighted by atomic mass is 79.9. The molecular formula is C9H12BrNS. The lowest BCUT2D eigenvalue weighted by Gasteiger charge is -1.98. The molecule has 1 fully saturated rings. The van der Waals surface area contributed by atoms with Gasteiger partial charge in [-0.3, -0.25) is 0 Å². The predicted molar refractivity (Wildman–Crippen MR) is 56.4 cm³/mol. The highest BCUT2D eigenvalue weighted by Gasteiger charge is 2.31. The van der Waals surface area contributed by atoms with Crippen LogP contribution in [0.2, 0.25) is 0 Å². The van der Waals surface area contributed by atoms with Gasteiger partial charge in [0.15, 0.2) is 0 Å². The molecule has 2 atom stereocenters. The number of hydrogen-bond donors (Lipinski definition) is 1. The molecule has 0 saturated heterocycles. The Morgan fingerprint density at radius 3 is 2.92 bits per heavy atom. The zero-order valence-electron chi connectivity index (χ0n) is 7.01. The van der Waals surface area contributed by atoms with Crippen molar-refractivity contribution in [1.29, 1.82) is 0 Å². The van der Waals surface area contributed by atoms with Crippen molar-refractivity contribution in [2.45, 2.75) is 25.9 Å². The number of hydrogen-bond acceptors (Lipinski definition) is 2. The number of halogens is 1. The Bertz CT molecular complexity index is 271. The van der Waals surface area contributed by atoms with E-state index in [0.717, 1.165) is 18.5 Å². The second-order valence-corrected chi connectivity index (χ2v) is 5.95. The molecule has 2 rings (SSSR count). The molecule has 2 unspecified atom stereocenters. The summed E-state index contributed by atoms with van der Waals surface area (Å²) in [5, 5.41) is 3.53. The van der Waals surface area contributed by atoms with Crippen LogP contribution in [0.5, 0.6) is 0 Å². The van der Waals surface area contributed by atoms with E-state index in [0.29, 0.717) is 0 Å². The first-order valence-corrected chi connectivity index (χ1v) is 5.84. The third kappa shape index (κ3) is 2.09. The fourth-order valence-corrected chi connectivity index (χ4v) is 2.72. The fraction of sp³-hybridized carbons (Fsp3) is 0.556. The average Bonchev–Trinajstić information content (AvgIpc) is 2.56. The fourth-order valence-electron chi connectivity index (χ4n) is 1.28. The van der Waals surface area contributed by atoms with E-state index in [-0.39, 0.29) is 0 Å². The van der Waals surface area contributed by atoms with E-state index in [9.17, 15) is 0 Å². The molecule has 1 nitrogen and oxygen atoms in total. The lowest BCUT2D eigenvalue weighted by Crippen LogP contribution is -2.16. The number of nitrogens with one attached hydrogen (secondary N) is 1. The number of thiophene rings is 1. The first-order valence-electron chi connectivity index (χ1n) is 4.23. The summed E-state index contributed by atoms with van der Waals surface area (Å²) in [4.78, 5) is 1.42. The Morgan fingerprint density at radius 1 is 1.67 bits per heavy atom. The van der Waals surface area contributed by atoms with Gasteiger partial charge in [-0.15, -0.1) is 11.3 Å². The first kappa shape index (κ1) is 8.73. The van der Waals surface area contributed by atoms with Crippen LogP contribution in [0.25, 0.3) is 0 Å². The predicted octanol–water partition coefficient (Wildman–Crippen LogP) is 3.01. The van der Waals surface area contributed by atoms with Gasteiger partial charge < -0.3 is 5.32 Å². The molecule has 0 radical (unpaired) electrons. The van der Waals surface area contributed by atoms with E-state index in [1.165, 1.54) is 15.1 Å². The van der Waals surface area contributed by atoms with Crippen LogP contribution in [0.3, 0.4) is 0 Å². The van der Waals surface area contributed by atoms with Crippen LogP contribution in [0.4, 0.5) is 0 Å². The van der Waals surface area contributed by atoms with Crippen LogP contribution >= 0.6 is 27.3 Å². The molecule has 0 bridgehead atoms. The second kappa shape index (κ2) is 3.48. The summed E-state index contributed by atoms with van der Waals surface area (Å²) in [7, 11) is 0. The Hall–Kier alpha value is 0.140. The normalized spacial score (nSPS) is 27.5. The van der Waals surface area contributed by atoms with Crippen molar-refractivity contribution >= 4 is 27.3 Å². The smallest absolute Gasteiger partial charge is 0.0701 e. The zero-order valence-corrected chi connectivity index (χ0v) is 9.41. The number of rotatable bonds is 3. The second-order valence-electron chi connectivity index (χ2n) is 3.41. The van der Waals surface area contributed by atoms with Crippen molar-refractivity contribution in [3.63, 3.8) is 0 Å². The van der Waals surface area contributed by atoms with Crippen molar-refractivity contribution in [3.05, 3.63) is 20.8 Å². The molecule has 1 N–H and O–H groups in total. The molecule has 1 saturated carbocycles. The lowest BCUT2D eigenvalue weighted by atomic mass is 10.4. The molecule has 1 aromatic heterocycles. The van der Waals surface area contributed by atoms with E-state index in [2.05, 4.69) is 40.3 Å².